The lowest BCUT2D eigenvalue weighted by Gasteiger charge is -2.12. The number of rotatable bonds is 9. The average molecular weight is 255 g/mol. The minimum absolute atomic E-state index is 0.0136. The maximum atomic E-state index is 11.5. The largest absolute Gasteiger partial charge is 0.383 e. The molecule has 0 aliphatic heterocycles. The van der Waals surface area contributed by atoms with E-state index in [0.717, 1.165) is 19.5 Å². The van der Waals surface area contributed by atoms with E-state index >= 15 is 0 Å². The summed E-state index contributed by atoms with van der Waals surface area (Å²) in [5, 5.41) is 13.5. The first-order valence-corrected chi connectivity index (χ1v) is 6.05. The summed E-state index contributed by atoms with van der Waals surface area (Å²) >= 11 is 0. The SMILES string of the molecule is COCC(C)NC(=O)CNCCCn1ccnn1. The molecule has 0 aliphatic rings. The zero-order chi connectivity index (χ0) is 13.2. The van der Waals surface area contributed by atoms with Crippen LogP contribution in [0.3, 0.4) is 0 Å². The van der Waals surface area contributed by atoms with Gasteiger partial charge in [0.25, 0.3) is 0 Å². The van der Waals surface area contributed by atoms with E-state index in [1.54, 1.807) is 18.0 Å². The first kappa shape index (κ1) is 14.6. The third kappa shape index (κ3) is 6.31. The molecule has 1 aromatic heterocycles. The van der Waals surface area contributed by atoms with Gasteiger partial charge in [-0.15, -0.1) is 5.10 Å². The van der Waals surface area contributed by atoms with Crippen molar-refractivity contribution >= 4 is 5.91 Å². The van der Waals surface area contributed by atoms with Crippen LogP contribution in [0.2, 0.25) is 0 Å². The van der Waals surface area contributed by atoms with E-state index in [0.29, 0.717) is 13.2 Å². The highest BCUT2D eigenvalue weighted by Gasteiger charge is 2.05. The summed E-state index contributed by atoms with van der Waals surface area (Å²) in [4.78, 5) is 11.5. The first-order chi connectivity index (χ1) is 8.72. The standard InChI is InChI=1S/C11H21N5O2/c1-10(9-18-2)14-11(17)8-12-4-3-6-16-7-5-13-15-16/h5,7,10,12H,3-4,6,8-9H2,1-2H3,(H,14,17). The quantitative estimate of drug-likeness (QED) is 0.576. The zero-order valence-electron chi connectivity index (χ0n) is 10.9. The molecule has 7 nitrogen and oxygen atoms in total. The van der Waals surface area contributed by atoms with Crippen molar-refractivity contribution in [3.8, 4) is 0 Å². The Morgan fingerprint density at radius 2 is 2.39 bits per heavy atom. The molecule has 102 valence electrons. The van der Waals surface area contributed by atoms with Crippen molar-refractivity contribution in [2.45, 2.75) is 25.9 Å². The molecule has 2 N–H and O–H groups in total. The van der Waals surface area contributed by atoms with Crippen LogP contribution in [0, 0.1) is 0 Å². The summed E-state index contributed by atoms with van der Waals surface area (Å²) in [7, 11) is 1.62. The van der Waals surface area contributed by atoms with Crippen LogP contribution in [0.15, 0.2) is 12.4 Å². The summed E-state index contributed by atoms with van der Waals surface area (Å²) in [5.41, 5.74) is 0. The number of nitrogens with zero attached hydrogens (tertiary/aromatic N) is 3. The number of ether oxygens (including phenoxy) is 1. The fourth-order valence-corrected chi connectivity index (χ4v) is 1.54. The number of nitrogens with one attached hydrogen (secondary N) is 2. The Balaban J connectivity index is 1.98. The summed E-state index contributed by atoms with van der Waals surface area (Å²) < 4.78 is 6.70. The second-order valence-electron chi connectivity index (χ2n) is 4.12. The van der Waals surface area contributed by atoms with Crippen molar-refractivity contribution in [2.24, 2.45) is 0 Å². The summed E-state index contributed by atoms with van der Waals surface area (Å²) in [6.07, 6.45) is 4.38. The van der Waals surface area contributed by atoms with Crippen LogP contribution in [0.4, 0.5) is 0 Å². The molecular formula is C11H21N5O2. The molecule has 1 atom stereocenters. The lowest BCUT2D eigenvalue weighted by atomic mass is 10.3. The van der Waals surface area contributed by atoms with Crippen LogP contribution in [-0.4, -0.2) is 53.7 Å². The second-order valence-corrected chi connectivity index (χ2v) is 4.12. The Kier molecular flexibility index (Phi) is 6.97. The number of aromatic nitrogens is 3. The minimum atomic E-state index is -0.0136. The van der Waals surface area contributed by atoms with Gasteiger partial charge in [-0.1, -0.05) is 5.21 Å². The van der Waals surface area contributed by atoms with E-state index in [-0.39, 0.29) is 11.9 Å². The van der Waals surface area contributed by atoms with E-state index in [9.17, 15) is 4.79 Å². The molecule has 7 heteroatoms. The predicted octanol–water partition coefficient (Wildman–Crippen LogP) is -0.591. The van der Waals surface area contributed by atoms with Gasteiger partial charge >= 0.3 is 0 Å². The summed E-state index contributed by atoms with van der Waals surface area (Å²) in [6.45, 7) is 4.33. The van der Waals surface area contributed by atoms with Gasteiger partial charge in [0.1, 0.15) is 0 Å². The van der Waals surface area contributed by atoms with Gasteiger partial charge in [-0.25, -0.2) is 0 Å². The van der Waals surface area contributed by atoms with Crippen molar-refractivity contribution < 1.29 is 9.53 Å². The number of hydrogen-bond donors (Lipinski definition) is 2. The van der Waals surface area contributed by atoms with E-state index in [4.69, 9.17) is 4.74 Å². The molecule has 0 bridgehead atoms. The van der Waals surface area contributed by atoms with Crippen LogP contribution >= 0.6 is 0 Å². The van der Waals surface area contributed by atoms with Gasteiger partial charge in [0.2, 0.25) is 5.91 Å². The smallest absolute Gasteiger partial charge is 0.234 e. The third-order valence-electron chi connectivity index (χ3n) is 2.32. The molecule has 1 heterocycles. The van der Waals surface area contributed by atoms with Crippen molar-refractivity contribution in [1.29, 1.82) is 0 Å². The molecule has 1 unspecified atom stereocenters. The summed E-state index contributed by atoms with van der Waals surface area (Å²) in [6, 6.07) is 0.0412. The molecule has 18 heavy (non-hydrogen) atoms. The van der Waals surface area contributed by atoms with Crippen LogP contribution < -0.4 is 10.6 Å². The van der Waals surface area contributed by atoms with Gasteiger partial charge in [-0.3, -0.25) is 9.48 Å². The van der Waals surface area contributed by atoms with Crippen molar-refractivity contribution in [2.75, 3.05) is 26.8 Å². The molecular weight excluding hydrogens is 234 g/mol. The minimum Gasteiger partial charge on any atom is -0.383 e. The average Bonchev–Trinajstić information content (AvgIpc) is 2.81. The second kappa shape index (κ2) is 8.60. The number of aryl methyl sites for hydroxylation is 1. The highest BCUT2D eigenvalue weighted by Crippen LogP contribution is 1.86. The van der Waals surface area contributed by atoms with Gasteiger partial charge in [-0.05, 0) is 19.9 Å². The van der Waals surface area contributed by atoms with E-state index in [2.05, 4.69) is 20.9 Å². The Morgan fingerprint density at radius 1 is 1.56 bits per heavy atom. The van der Waals surface area contributed by atoms with Gasteiger partial charge in [0, 0.05) is 25.9 Å². The summed E-state index contributed by atoms with van der Waals surface area (Å²) in [5.74, 6) is -0.0136. The molecule has 1 rings (SSSR count). The topological polar surface area (TPSA) is 81.1 Å². The van der Waals surface area contributed by atoms with E-state index in [1.807, 2.05) is 13.1 Å². The van der Waals surface area contributed by atoms with Gasteiger partial charge < -0.3 is 15.4 Å². The van der Waals surface area contributed by atoms with Crippen molar-refractivity contribution in [3.63, 3.8) is 0 Å². The normalized spacial score (nSPS) is 12.3. The molecule has 0 radical (unpaired) electrons. The van der Waals surface area contributed by atoms with Crippen LogP contribution in [0.25, 0.3) is 0 Å². The monoisotopic (exact) mass is 255 g/mol. The number of carbonyl (C=O) groups is 1. The molecule has 0 aromatic carbocycles. The molecule has 0 aliphatic carbocycles. The van der Waals surface area contributed by atoms with E-state index < -0.39 is 0 Å². The molecule has 1 amide bonds. The van der Waals surface area contributed by atoms with Gasteiger partial charge in [0.05, 0.1) is 19.3 Å². The lowest BCUT2D eigenvalue weighted by molar-refractivity contribution is -0.121. The zero-order valence-corrected chi connectivity index (χ0v) is 10.9. The maximum absolute atomic E-state index is 11.5. The van der Waals surface area contributed by atoms with Gasteiger partial charge in [-0.2, -0.15) is 0 Å². The van der Waals surface area contributed by atoms with Crippen LogP contribution in [-0.2, 0) is 16.1 Å². The molecule has 1 aromatic rings. The molecule has 0 saturated carbocycles. The lowest BCUT2D eigenvalue weighted by Crippen LogP contribution is -2.41. The van der Waals surface area contributed by atoms with Crippen molar-refractivity contribution in [1.82, 2.24) is 25.6 Å². The number of amides is 1. The third-order valence-corrected chi connectivity index (χ3v) is 2.32. The Morgan fingerprint density at radius 3 is 3.06 bits per heavy atom. The molecule has 0 saturated heterocycles. The highest BCUT2D eigenvalue weighted by molar-refractivity contribution is 5.78. The van der Waals surface area contributed by atoms with Crippen LogP contribution in [0.1, 0.15) is 13.3 Å². The van der Waals surface area contributed by atoms with E-state index in [1.165, 1.54) is 0 Å². The Bertz CT molecular complexity index is 328. The number of carbonyl (C=O) groups excluding carboxylic acids is 1. The maximum Gasteiger partial charge on any atom is 0.234 e. The Labute approximate surface area is 107 Å². The number of methoxy groups -OCH3 is 1. The molecule has 0 spiro atoms. The highest BCUT2D eigenvalue weighted by atomic mass is 16.5. The predicted molar refractivity (Wildman–Crippen MR) is 67.0 cm³/mol. The first-order valence-electron chi connectivity index (χ1n) is 6.05. The number of hydrogen-bond acceptors (Lipinski definition) is 5. The van der Waals surface area contributed by atoms with Gasteiger partial charge in [0.15, 0.2) is 0 Å². The molecule has 0 fully saturated rings. The van der Waals surface area contributed by atoms with Crippen LogP contribution in [0.5, 0.6) is 0 Å². The fraction of sp³-hybridized carbons (Fsp3) is 0.727. The fourth-order valence-electron chi connectivity index (χ4n) is 1.54. The van der Waals surface area contributed by atoms with Crippen molar-refractivity contribution in [3.05, 3.63) is 12.4 Å². The Hall–Kier alpha value is -1.47.